The molecule has 0 radical (unpaired) electrons. The van der Waals surface area contributed by atoms with Gasteiger partial charge in [0.15, 0.2) is 0 Å². The van der Waals surface area contributed by atoms with Crippen molar-refractivity contribution in [3.63, 3.8) is 0 Å². The number of aryl methyl sites for hydroxylation is 1. The Kier molecular flexibility index (Phi) is 4.95. The molecule has 0 bridgehead atoms. The number of nitrogens with zero attached hydrogens (tertiary/aromatic N) is 1. The quantitative estimate of drug-likeness (QED) is 0.550. The maximum atomic E-state index is 13.4. The van der Waals surface area contributed by atoms with Gasteiger partial charge in [-0.2, -0.15) is 0 Å². The molecule has 0 heterocycles. The molecule has 21 heavy (non-hydrogen) atoms. The molecule has 0 saturated heterocycles. The van der Waals surface area contributed by atoms with Gasteiger partial charge in [0.25, 0.3) is 5.69 Å². The van der Waals surface area contributed by atoms with Gasteiger partial charge in [0, 0.05) is 21.6 Å². The molecule has 110 valence electrons. The molecule has 7 heteroatoms. The summed E-state index contributed by atoms with van der Waals surface area (Å²) in [6, 6.07) is 7.42. The standard InChI is InChI=1S/C14H11Br2FN2O2/c1-8-2-12(15)14(13(16)3-8)18-7-9-4-10(17)6-11(5-9)19(20)21/h2-6,18H,7H2,1H3. The van der Waals surface area contributed by atoms with Gasteiger partial charge in [-0.05, 0) is 68.1 Å². The Hall–Kier alpha value is -1.47. The zero-order valence-corrected chi connectivity index (χ0v) is 14.2. The fourth-order valence-corrected chi connectivity index (χ4v) is 3.60. The van der Waals surface area contributed by atoms with Gasteiger partial charge >= 0.3 is 0 Å². The topological polar surface area (TPSA) is 55.2 Å². The number of nitro groups is 1. The van der Waals surface area contributed by atoms with E-state index in [1.165, 1.54) is 12.1 Å². The first-order chi connectivity index (χ1) is 9.86. The van der Waals surface area contributed by atoms with Crippen LogP contribution < -0.4 is 5.32 Å². The zero-order chi connectivity index (χ0) is 15.6. The third-order valence-electron chi connectivity index (χ3n) is 2.81. The molecule has 1 N–H and O–H groups in total. The zero-order valence-electron chi connectivity index (χ0n) is 11.0. The SMILES string of the molecule is Cc1cc(Br)c(NCc2cc(F)cc([N+](=O)[O-])c2)c(Br)c1. The number of halogens is 3. The second-order valence-corrected chi connectivity index (χ2v) is 6.24. The van der Waals surface area contributed by atoms with Crippen LogP contribution in [0.3, 0.4) is 0 Å². The van der Waals surface area contributed by atoms with Crippen LogP contribution in [-0.2, 0) is 6.54 Å². The van der Waals surface area contributed by atoms with Crippen LogP contribution in [0.2, 0.25) is 0 Å². The number of hydrogen-bond acceptors (Lipinski definition) is 3. The number of anilines is 1. The maximum Gasteiger partial charge on any atom is 0.272 e. The van der Waals surface area contributed by atoms with Crippen molar-refractivity contribution in [2.75, 3.05) is 5.32 Å². The molecular formula is C14H11Br2FN2O2. The van der Waals surface area contributed by atoms with Gasteiger partial charge in [-0.25, -0.2) is 4.39 Å². The lowest BCUT2D eigenvalue weighted by Gasteiger charge is -2.12. The third kappa shape index (κ3) is 4.01. The minimum atomic E-state index is -0.622. The minimum absolute atomic E-state index is 0.256. The van der Waals surface area contributed by atoms with Crippen LogP contribution in [-0.4, -0.2) is 4.92 Å². The van der Waals surface area contributed by atoms with Gasteiger partial charge < -0.3 is 5.32 Å². The summed E-state index contributed by atoms with van der Waals surface area (Å²) in [7, 11) is 0. The van der Waals surface area contributed by atoms with Crippen LogP contribution >= 0.6 is 31.9 Å². The van der Waals surface area contributed by atoms with Crippen LogP contribution in [0, 0.1) is 22.9 Å². The number of rotatable bonds is 4. The number of nitrogens with one attached hydrogen (secondary N) is 1. The smallest absolute Gasteiger partial charge is 0.272 e. The minimum Gasteiger partial charge on any atom is -0.379 e. The summed E-state index contributed by atoms with van der Waals surface area (Å²) >= 11 is 6.90. The summed E-state index contributed by atoms with van der Waals surface area (Å²) in [6.45, 7) is 2.24. The van der Waals surface area contributed by atoms with E-state index in [-0.39, 0.29) is 12.2 Å². The molecule has 0 unspecified atom stereocenters. The highest BCUT2D eigenvalue weighted by molar-refractivity contribution is 9.11. The Morgan fingerprint density at radius 2 is 1.81 bits per heavy atom. The summed E-state index contributed by atoms with van der Waals surface area (Å²) in [4.78, 5) is 10.1. The van der Waals surface area contributed by atoms with Crippen LogP contribution in [0.25, 0.3) is 0 Å². The van der Waals surface area contributed by atoms with Crippen molar-refractivity contribution in [3.05, 3.63) is 66.3 Å². The Balaban J connectivity index is 2.23. The monoisotopic (exact) mass is 416 g/mol. The van der Waals surface area contributed by atoms with Gasteiger partial charge in [0.2, 0.25) is 0 Å². The Labute approximate surface area is 137 Å². The average molecular weight is 418 g/mol. The molecule has 0 spiro atoms. The Morgan fingerprint density at radius 1 is 1.19 bits per heavy atom. The summed E-state index contributed by atoms with van der Waals surface area (Å²) in [5.74, 6) is -0.622. The van der Waals surface area contributed by atoms with Crippen molar-refractivity contribution in [1.29, 1.82) is 0 Å². The second kappa shape index (κ2) is 6.53. The molecule has 0 aliphatic carbocycles. The van der Waals surface area contributed by atoms with E-state index >= 15 is 0 Å². The van der Waals surface area contributed by atoms with E-state index in [0.717, 1.165) is 26.3 Å². The average Bonchev–Trinajstić information content (AvgIpc) is 2.36. The van der Waals surface area contributed by atoms with E-state index in [2.05, 4.69) is 37.2 Å². The molecule has 4 nitrogen and oxygen atoms in total. The van der Waals surface area contributed by atoms with Crippen molar-refractivity contribution < 1.29 is 9.31 Å². The first kappa shape index (κ1) is 15.9. The molecule has 0 aliphatic rings. The van der Waals surface area contributed by atoms with E-state index in [9.17, 15) is 14.5 Å². The van der Waals surface area contributed by atoms with Gasteiger partial charge in [-0.3, -0.25) is 10.1 Å². The first-order valence-electron chi connectivity index (χ1n) is 6.00. The van der Waals surface area contributed by atoms with Gasteiger partial charge in [-0.1, -0.05) is 0 Å². The molecule has 0 saturated carbocycles. The molecule has 0 amide bonds. The number of benzene rings is 2. The molecule has 2 rings (SSSR count). The maximum absolute atomic E-state index is 13.4. The summed E-state index contributed by atoms with van der Waals surface area (Å²) < 4.78 is 15.1. The number of non-ortho nitro benzene ring substituents is 1. The fraction of sp³-hybridized carbons (Fsp3) is 0.143. The van der Waals surface area contributed by atoms with E-state index in [0.29, 0.717) is 5.56 Å². The van der Waals surface area contributed by atoms with Crippen molar-refractivity contribution in [2.24, 2.45) is 0 Å². The highest BCUT2D eigenvalue weighted by Gasteiger charge is 2.11. The van der Waals surface area contributed by atoms with Crippen LogP contribution in [0.4, 0.5) is 15.8 Å². The number of nitro benzene ring substituents is 1. The summed E-state index contributed by atoms with van der Waals surface area (Å²) in [6.07, 6.45) is 0. The Morgan fingerprint density at radius 3 is 2.38 bits per heavy atom. The molecular weight excluding hydrogens is 407 g/mol. The molecule has 0 aliphatic heterocycles. The highest BCUT2D eigenvalue weighted by Crippen LogP contribution is 2.32. The van der Waals surface area contributed by atoms with Crippen LogP contribution in [0.15, 0.2) is 39.3 Å². The van der Waals surface area contributed by atoms with Crippen molar-refractivity contribution in [1.82, 2.24) is 0 Å². The molecule has 0 fully saturated rings. The van der Waals surface area contributed by atoms with E-state index in [1.807, 2.05) is 19.1 Å². The third-order valence-corrected chi connectivity index (χ3v) is 4.06. The van der Waals surface area contributed by atoms with Crippen LogP contribution in [0.5, 0.6) is 0 Å². The number of hydrogen-bond donors (Lipinski definition) is 1. The molecule has 0 aromatic heterocycles. The lowest BCUT2D eigenvalue weighted by atomic mass is 10.2. The lowest BCUT2D eigenvalue weighted by molar-refractivity contribution is -0.385. The molecule has 2 aromatic rings. The summed E-state index contributed by atoms with van der Waals surface area (Å²) in [5, 5.41) is 13.9. The highest BCUT2D eigenvalue weighted by atomic mass is 79.9. The predicted molar refractivity (Wildman–Crippen MR) is 87.0 cm³/mol. The van der Waals surface area contributed by atoms with Crippen molar-refractivity contribution in [2.45, 2.75) is 13.5 Å². The lowest BCUT2D eigenvalue weighted by Crippen LogP contribution is -2.02. The second-order valence-electron chi connectivity index (χ2n) is 4.53. The fourth-order valence-electron chi connectivity index (χ4n) is 1.90. The van der Waals surface area contributed by atoms with E-state index in [4.69, 9.17) is 0 Å². The van der Waals surface area contributed by atoms with E-state index < -0.39 is 10.7 Å². The van der Waals surface area contributed by atoms with E-state index in [1.54, 1.807) is 0 Å². The van der Waals surface area contributed by atoms with Crippen molar-refractivity contribution in [3.8, 4) is 0 Å². The van der Waals surface area contributed by atoms with Crippen LogP contribution in [0.1, 0.15) is 11.1 Å². The largest absolute Gasteiger partial charge is 0.379 e. The molecule has 2 aromatic carbocycles. The van der Waals surface area contributed by atoms with Gasteiger partial charge in [0.1, 0.15) is 5.82 Å². The normalized spacial score (nSPS) is 10.5. The molecule has 0 atom stereocenters. The summed E-state index contributed by atoms with van der Waals surface area (Å²) in [5.41, 5.74) is 2.14. The Bertz CT molecular complexity index is 684. The van der Waals surface area contributed by atoms with Gasteiger partial charge in [-0.15, -0.1) is 0 Å². The van der Waals surface area contributed by atoms with Gasteiger partial charge in [0.05, 0.1) is 16.7 Å². The predicted octanol–water partition coefficient (Wildman–Crippen LogP) is 5.18. The first-order valence-corrected chi connectivity index (χ1v) is 7.59. The van der Waals surface area contributed by atoms with Crippen molar-refractivity contribution >= 4 is 43.2 Å².